The summed E-state index contributed by atoms with van der Waals surface area (Å²) in [5.41, 5.74) is 2.04. The van der Waals surface area contributed by atoms with E-state index in [4.69, 9.17) is 0 Å². The fourth-order valence-corrected chi connectivity index (χ4v) is 3.10. The minimum Gasteiger partial charge on any atom is -0.349 e. The minimum absolute atomic E-state index is 0.0329. The summed E-state index contributed by atoms with van der Waals surface area (Å²) in [5, 5.41) is 3.18. The number of hydrogen-bond acceptors (Lipinski definition) is 1. The van der Waals surface area contributed by atoms with Gasteiger partial charge in [0.1, 0.15) is 0 Å². The third-order valence-electron chi connectivity index (χ3n) is 4.00. The van der Waals surface area contributed by atoms with Crippen LogP contribution < -0.4 is 5.32 Å². The van der Waals surface area contributed by atoms with E-state index in [2.05, 4.69) is 35.1 Å². The van der Waals surface area contributed by atoms with E-state index in [9.17, 15) is 4.79 Å². The van der Waals surface area contributed by atoms with Crippen LogP contribution in [0.4, 0.5) is 0 Å². The first-order valence-electron chi connectivity index (χ1n) is 6.48. The van der Waals surface area contributed by atoms with Gasteiger partial charge in [-0.1, -0.05) is 32.4 Å². The summed E-state index contributed by atoms with van der Waals surface area (Å²) in [6, 6.07) is 6.08. The van der Waals surface area contributed by atoms with Crippen molar-refractivity contribution in [1.29, 1.82) is 0 Å². The second kappa shape index (κ2) is 5.04. The number of rotatable bonds is 2. The van der Waals surface area contributed by atoms with E-state index < -0.39 is 0 Å². The largest absolute Gasteiger partial charge is 0.349 e. The molecule has 1 unspecified atom stereocenters. The Labute approximate surface area is 117 Å². The van der Waals surface area contributed by atoms with Gasteiger partial charge in [0.2, 0.25) is 0 Å². The first-order valence-corrected chi connectivity index (χ1v) is 7.27. The average molecular weight is 310 g/mol. The first kappa shape index (κ1) is 13.6. The van der Waals surface area contributed by atoms with E-state index in [0.717, 1.165) is 22.0 Å². The second-order valence-corrected chi connectivity index (χ2v) is 6.64. The van der Waals surface area contributed by atoms with Gasteiger partial charge in [0.05, 0.1) is 5.56 Å². The monoisotopic (exact) mass is 309 g/mol. The fourth-order valence-electron chi connectivity index (χ4n) is 2.65. The molecule has 3 heteroatoms. The third-order valence-corrected chi connectivity index (χ3v) is 5.05. The van der Waals surface area contributed by atoms with Crippen LogP contribution in [-0.2, 0) is 0 Å². The van der Waals surface area contributed by atoms with Gasteiger partial charge >= 0.3 is 0 Å². The Morgan fingerprint density at radius 3 is 2.78 bits per heavy atom. The molecule has 1 aromatic rings. The molecule has 0 radical (unpaired) electrons. The fraction of sp³-hybridized carbons (Fsp3) is 0.533. The quantitative estimate of drug-likeness (QED) is 0.876. The molecule has 0 bridgehead atoms. The van der Waals surface area contributed by atoms with Gasteiger partial charge in [-0.15, -0.1) is 0 Å². The number of nitrogens with one attached hydrogen (secondary N) is 1. The first-order chi connectivity index (χ1) is 8.42. The summed E-state index contributed by atoms with van der Waals surface area (Å²) < 4.78 is 0.901. The average Bonchev–Trinajstić information content (AvgIpc) is 2.62. The summed E-state index contributed by atoms with van der Waals surface area (Å²) in [6.45, 7) is 6.47. The maximum Gasteiger partial charge on any atom is 0.252 e. The Hall–Kier alpha value is -0.830. The number of aryl methyl sites for hydroxylation is 1. The number of carbonyl (C=O) groups is 1. The summed E-state index contributed by atoms with van der Waals surface area (Å²) >= 11 is 3.50. The van der Waals surface area contributed by atoms with Crippen molar-refractivity contribution in [3.8, 4) is 0 Å². The Bertz CT molecular complexity index is 468. The van der Waals surface area contributed by atoms with Crippen molar-refractivity contribution in [2.45, 2.75) is 46.1 Å². The Morgan fingerprint density at radius 1 is 1.44 bits per heavy atom. The van der Waals surface area contributed by atoms with Gasteiger partial charge in [-0.05, 0) is 52.7 Å². The zero-order chi connectivity index (χ0) is 13.3. The molecule has 1 saturated carbocycles. The molecule has 0 spiro atoms. The van der Waals surface area contributed by atoms with Gasteiger partial charge in [-0.3, -0.25) is 4.79 Å². The van der Waals surface area contributed by atoms with Crippen molar-refractivity contribution < 1.29 is 4.79 Å². The van der Waals surface area contributed by atoms with Crippen LogP contribution in [0.3, 0.4) is 0 Å². The van der Waals surface area contributed by atoms with Crippen LogP contribution in [0.1, 0.15) is 49.0 Å². The van der Waals surface area contributed by atoms with E-state index in [1.165, 1.54) is 12.8 Å². The molecule has 2 rings (SSSR count). The number of amides is 1. The van der Waals surface area contributed by atoms with Crippen LogP contribution in [0.5, 0.6) is 0 Å². The van der Waals surface area contributed by atoms with E-state index in [-0.39, 0.29) is 17.4 Å². The zero-order valence-corrected chi connectivity index (χ0v) is 12.8. The zero-order valence-electron chi connectivity index (χ0n) is 11.2. The minimum atomic E-state index is 0.0329. The highest BCUT2D eigenvalue weighted by molar-refractivity contribution is 9.10. The summed E-state index contributed by atoms with van der Waals surface area (Å²) in [7, 11) is 0. The number of hydrogen-bond donors (Lipinski definition) is 1. The van der Waals surface area contributed by atoms with Crippen LogP contribution in [0.25, 0.3) is 0 Å². The van der Waals surface area contributed by atoms with E-state index in [1.54, 1.807) is 0 Å². The number of benzene rings is 1. The molecule has 0 aromatic heterocycles. The topological polar surface area (TPSA) is 29.1 Å². The summed E-state index contributed by atoms with van der Waals surface area (Å²) in [6.07, 6.45) is 3.47. The van der Waals surface area contributed by atoms with Gasteiger partial charge in [0, 0.05) is 10.5 Å². The third kappa shape index (κ3) is 2.61. The molecule has 1 aromatic carbocycles. The van der Waals surface area contributed by atoms with Crippen LogP contribution in [-0.4, -0.2) is 11.9 Å². The predicted octanol–water partition coefficient (Wildman–Crippen LogP) is 4.07. The van der Waals surface area contributed by atoms with Crippen molar-refractivity contribution in [2.24, 2.45) is 5.41 Å². The van der Waals surface area contributed by atoms with Crippen LogP contribution in [0.2, 0.25) is 0 Å². The molecule has 0 heterocycles. The van der Waals surface area contributed by atoms with Crippen molar-refractivity contribution in [3.63, 3.8) is 0 Å². The lowest BCUT2D eigenvalue weighted by molar-refractivity contribution is 0.0909. The van der Waals surface area contributed by atoms with E-state index >= 15 is 0 Å². The second-order valence-electron chi connectivity index (χ2n) is 5.84. The molecule has 18 heavy (non-hydrogen) atoms. The van der Waals surface area contributed by atoms with Crippen LogP contribution in [0, 0.1) is 12.3 Å². The lowest BCUT2D eigenvalue weighted by atomic mass is 9.87. The molecule has 1 atom stereocenters. The van der Waals surface area contributed by atoms with Crippen molar-refractivity contribution >= 4 is 21.8 Å². The molecular weight excluding hydrogens is 290 g/mol. The number of halogens is 1. The molecule has 1 aliphatic carbocycles. The van der Waals surface area contributed by atoms with Gasteiger partial charge in [0.15, 0.2) is 0 Å². The Kier molecular flexibility index (Phi) is 3.81. The predicted molar refractivity (Wildman–Crippen MR) is 77.8 cm³/mol. The van der Waals surface area contributed by atoms with Gasteiger partial charge < -0.3 is 5.32 Å². The molecule has 1 amide bonds. The molecule has 0 aliphatic heterocycles. The van der Waals surface area contributed by atoms with Gasteiger partial charge in [-0.25, -0.2) is 0 Å². The molecule has 1 fully saturated rings. The highest BCUT2D eigenvalue weighted by atomic mass is 79.9. The van der Waals surface area contributed by atoms with E-state index in [0.29, 0.717) is 0 Å². The molecular formula is C15H20BrNO. The maximum absolute atomic E-state index is 12.3. The SMILES string of the molecule is Cc1cccc(C(=O)NC2CCCC2(C)C)c1Br. The lowest BCUT2D eigenvalue weighted by Gasteiger charge is -2.28. The number of carbonyl (C=O) groups excluding carboxylic acids is 1. The lowest BCUT2D eigenvalue weighted by Crippen LogP contribution is -2.41. The highest BCUT2D eigenvalue weighted by Crippen LogP contribution is 2.37. The van der Waals surface area contributed by atoms with Crippen molar-refractivity contribution in [1.82, 2.24) is 5.32 Å². The van der Waals surface area contributed by atoms with Crippen molar-refractivity contribution in [2.75, 3.05) is 0 Å². The normalized spacial score (nSPS) is 21.9. The van der Waals surface area contributed by atoms with Gasteiger partial charge in [-0.2, -0.15) is 0 Å². The maximum atomic E-state index is 12.3. The molecule has 0 saturated heterocycles. The smallest absolute Gasteiger partial charge is 0.252 e. The van der Waals surface area contributed by atoms with Crippen molar-refractivity contribution in [3.05, 3.63) is 33.8 Å². The highest BCUT2D eigenvalue weighted by Gasteiger charge is 2.35. The van der Waals surface area contributed by atoms with Crippen LogP contribution >= 0.6 is 15.9 Å². The Balaban J connectivity index is 2.15. The summed E-state index contributed by atoms with van der Waals surface area (Å²) in [5.74, 6) is 0.0329. The standard InChI is InChI=1S/C15H20BrNO/c1-10-6-4-7-11(13(10)16)14(18)17-12-8-5-9-15(12,2)3/h4,6-7,12H,5,8-9H2,1-3H3,(H,17,18). The molecule has 1 N–H and O–H groups in total. The molecule has 98 valence electrons. The van der Waals surface area contributed by atoms with E-state index in [1.807, 2.05) is 25.1 Å². The summed E-state index contributed by atoms with van der Waals surface area (Å²) in [4.78, 5) is 12.3. The van der Waals surface area contributed by atoms with Crippen LogP contribution in [0.15, 0.2) is 22.7 Å². The Morgan fingerprint density at radius 2 is 2.17 bits per heavy atom. The van der Waals surface area contributed by atoms with Gasteiger partial charge in [0.25, 0.3) is 5.91 Å². The molecule has 2 nitrogen and oxygen atoms in total. The molecule has 1 aliphatic rings.